The number of aryl methyl sites for hydroxylation is 1. The molecule has 3 amide bonds. The molecule has 132 valence electrons. The summed E-state index contributed by atoms with van der Waals surface area (Å²) < 4.78 is 0. The van der Waals surface area contributed by atoms with Gasteiger partial charge in [0.15, 0.2) is 0 Å². The number of urea groups is 1. The van der Waals surface area contributed by atoms with Crippen LogP contribution in [-0.2, 0) is 11.3 Å². The molecule has 1 aliphatic heterocycles. The highest BCUT2D eigenvalue weighted by molar-refractivity contribution is 6.30. The summed E-state index contributed by atoms with van der Waals surface area (Å²) in [5.41, 5.74) is 1.75. The molecule has 1 fully saturated rings. The van der Waals surface area contributed by atoms with Gasteiger partial charge in [0.25, 0.3) is 11.6 Å². The molecule has 0 atom stereocenters. The smallest absolute Gasteiger partial charge is 0.303 e. The maximum absolute atomic E-state index is 12.5. The molecule has 1 saturated heterocycles. The van der Waals surface area contributed by atoms with Crippen LogP contribution in [0.1, 0.15) is 16.7 Å². The Morgan fingerprint density at radius 1 is 1.19 bits per heavy atom. The van der Waals surface area contributed by atoms with Crippen molar-refractivity contribution in [3.05, 3.63) is 80.0 Å². The quantitative estimate of drug-likeness (QED) is 0.384. The van der Waals surface area contributed by atoms with Gasteiger partial charge in [-0.15, -0.1) is 0 Å². The lowest BCUT2D eigenvalue weighted by Gasteiger charge is -2.11. The molecule has 26 heavy (non-hydrogen) atoms. The van der Waals surface area contributed by atoms with Gasteiger partial charge in [-0.1, -0.05) is 35.9 Å². The largest absolute Gasteiger partial charge is 0.329 e. The summed E-state index contributed by atoms with van der Waals surface area (Å²) in [6, 6.07) is 10.9. The molecule has 0 saturated carbocycles. The second-order valence-electron chi connectivity index (χ2n) is 5.81. The highest BCUT2D eigenvalue weighted by atomic mass is 35.5. The van der Waals surface area contributed by atoms with Gasteiger partial charge in [0.05, 0.1) is 11.5 Å². The highest BCUT2D eigenvalue weighted by Gasteiger charge is 2.33. The number of nitro benzene ring substituents is 1. The zero-order valence-electron chi connectivity index (χ0n) is 13.7. The van der Waals surface area contributed by atoms with Crippen molar-refractivity contribution in [2.24, 2.45) is 0 Å². The first-order valence-electron chi connectivity index (χ1n) is 7.69. The fourth-order valence-corrected chi connectivity index (χ4v) is 2.69. The van der Waals surface area contributed by atoms with Crippen molar-refractivity contribution in [2.75, 3.05) is 0 Å². The standard InChI is InChI=1S/C18H14ClN3O4/c1-11-2-3-13(9-16(11)22(25)26)8-15-17(23)21(18(24)20-15)10-12-4-6-14(19)7-5-12/h2-9H,10H2,1H3,(H,20,24). The minimum atomic E-state index is -0.544. The zero-order chi connectivity index (χ0) is 18.8. The van der Waals surface area contributed by atoms with Crippen molar-refractivity contribution in [2.45, 2.75) is 13.5 Å². The maximum atomic E-state index is 12.5. The number of imide groups is 1. The van der Waals surface area contributed by atoms with Gasteiger partial charge < -0.3 is 5.32 Å². The lowest BCUT2D eigenvalue weighted by molar-refractivity contribution is -0.385. The summed E-state index contributed by atoms with van der Waals surface area (Å²) in [5.74, 6) is -0.492. The summed E-state index contributed by atoms with van der Waals surface area (Å²) in [6.07, 6.45) is 1.43. The Morgan fingerprint density at radius 3 is 2.54 bits per heavy atom. The highest BCUT2D eigenvalue weighted by Crippen LogP contribution is 2.22. The van der Waals surface area contributed by atoms with Crippen LogP contribution in [0.15, 0.2) is 48.2 Å². The van der Waals surface area contributed by atoms with Gasteiger partial charge >= 0.3 is 6.03 Å². The molecule has 0 aliphatic carbocycles. The van der Waals surface area contributed by atoms with Gasteiger partial charge in [0, 0.05) is 16.7 Å². The summed E-state index contributed by atoms with van der Waals surface area (Å²) in [7, 11) is 0. The second-order valence-corrected chi connectivity index (χ2v) is 6.25. The Labute approximate surface area is 154 Å². The van der Waals surface area contributed by atoms with Gasteiger partial charge in [0.1, 0.15) is 5.70 Å². The summed E-state index contributed by atoms with van der Waals surface area (Å²) in [5, 5.41) is 14.1. The number of nitro groups is 1. The average Bonchev–Trinajstić information content (AvgIpc) is 2.85. The first-order chi connectivity index (χ1) is 12.3. The number of amides is 3. The molecular weight excluding hydrogens is 358 g/mol. The van der Waals surface area contributed by atoms with Crippen LogP contribution in [0.2, 0.25) is 5.02 Å². The first-order valence-corrected chi connectivity index (χ1v) is 8.07. The molecule has 7 nitrogen and oxygen atoms in total. The van der Waals surface area contributed by atoms with Crippen LogP contribution >= 0.6 is 11.6 Å². The lowest BCUT2D eigenvalue weighted by Crippen LogP contribution is -2.30. The Balaban J connectivity index is 1.84. The predicted molar refractivity (Wildman–Crippen MR) is 96.3 cm³/mol. The van der Waals surface area contributed by atoms with Crippen molar-refractivity contribution in [3.63, 3.8) is 0 Å². The minimum Gasteiger partial charge on any atom is -0.303 e. The molecule has 0 bridgehead atoms. The van der Waals surface area contributed by atoms with E-state index in [1.165, 1.54) is 12.1 Å². The van der Waals surface area contributed by atoms with E-state index in [1.807, 2.05) is 0 Å². The van der Waals surface area contributed by atoms with E-state index in [-0.39, 0.29) is 17.9 Å². The van der Waals surface area contributed by atoms with Crippen molar-refractivity contribution >= 4 is 35.3 Å². The third-order valence-electron chi connectivity index (χ3n) is 3.96. The number of benzene rings is 2. The van der Waals surface area contributed by atoms with E-state index in [1.54, 1.807) is 43.3 Å². The van der Waals surface area contributed by atoms with Crippen molar-refractivity contribution < 1.29 is 14.5 Å². The number of nitrogens with zero attached hydrogens (tertiary/aromatic N) is 2. The number of nitrogens with one attached hydrogen (secondary N) is 1. The minimum absolute atomic E-state index is 0.0471. The van der Waals surface area contributed by atoms with E-state index in [0.717, 1.165) is 10.5 Å². The Hall–Kier alpha value is -3.19. The maximum Gasteiger partial charge on any atom is 0.329 e. The second kappa shape index (κ2) is 6.97. The van der Waals surface area contributed by atoms with Crippen LogP contribution in [0.25, 0.3) is 6.08 Å². The van der Waals surface area contributed by atoms with Gasteiger partial charge in [0.2, 0.25) is 0 Å². The molecule has 1 heterocycles. The first kappa shape index (κ1) is 17.6. The van der Waals surface area contributed by atoms with Crippen molar-refractivity contribution in [1.82, 2.24) is 10.2 Å². The van der Waals surface area contributed by atoms with Crippen LogP contribution in [0, 0.1) is 17.0 Å². The van der Waals surface area contributed by atoms with Crippen molar-refractivity contribution in [3.8, 4) is 0 Å². The number of hydrogen-bond donors (Lipinski definition) is 1. The van der Waals surface area contributed by atoms with Crippen LogP contribution in [0.4, 0.5) is 10.5 Å². The Bertz CT molecular complexity index is 938. The van der Waals surface area contributed by atoms with E-state index in [9.17, 15) is 19.7 Å². The Kier molecular flexibility index (Phi) is 4.73. The predicted octanol–water partition coefficient (Wildman–Crippen LogP) is 3.65. The van der Waals surface area contributed by atoms with Crippen LogP contribution in [0.3, 0.4) is 0 Å². The molecule has 1 aliphatic rings. The lowest BCUT2D eigenvalue weighted by atomic mass is 10.1. The number of carbonyl (C=O) groups excluding carboxylic acids is 2. The number of halogens is 1. The Morgan fingerprint density at radius 2 is 1.88 bits per heavy atom. The van der Waals surface area contributed by atoms with Crippen molar-refractivity contribution in [1.29, 1.82) is 0 Å². The number of rotatable bonds is 4. The van der Waals surface area contributed by atoms with E-state index >= 15 is 0 Å². The summed E-state index contributed by atoms with van der Waals surface area (Å²) in [6.45, 7) is 1.73. The normalized spacial score (nSPS) is 15.5. The third kappa shape index (κ3) is 3.57. The average molecular weight is 372 g/mol. The summed E-state index contributed by atoms with van der Waals surface area (Å²) >= 11 is 5.83. The third-order valence-corrected chi connectivity index (χ3v) is 4.21. The van der Waals surface area contributed by atoms with Crippen LogP contribution in [-0.4, -0.2) is 21.8 Å². The van der Waals surface area contributed by atoms with E-state index < -0.39 is 16.9 Å². The fraction of sp³-hybridized carbons (Fsp3) is 0.111. The molecule has 3 rings (SSSR count). The SMILES string of the molecule is Cc1ccc(C=C2NC(=O)N(Cc3ccc(Cl)cc3)C2=O)cc1[N+](=O)[O-]. The molecular formula is C18H14ClN3O4. The van der Waals surface area contributed by atoms with Gasteiger partial charge in [-0.25, -0.2) is 4.79 Å². The number of carbonyl (C=O) groups is 2. The topological polar surface area (TPSA) is 92.6 Å². The molecule has 2 aromatic carbocycles. The molecule has 2 aromatic rings. The monoisotopic (exact) mass is 371 g/mol. The fourth-order valence-electron chi connectivity index (χ4n) is 2.57. The molecule has 0 aromatic heterocycles. The van der Waals surface area contributed by atoms with Crippen LogP contribution in [0.5, 0.6) is 0 Å². The van der Waals surface area contributed by atoms with E-state index in [0.29, 0.717) is 16.1 Å². The molecule has 0 unspecified atom stereocenters. The van der Waals surface area contributed by atoms with Gasteiger partial charge in [-0.3, -0.25) is 19.8 Å². The van der Waals surface area contributed by atoms with Gasteiger partial charge in [-0.2, -0.15) is 0 Å². The zero-order valence-corrected chi connectivity index (χ0v) is 14.5. The molecule has 0 radical (unpaired) electrons. The van der Waals surface area contributed by atoms with E-state index in [4.69, 9.17) is 11.6 Å². The van der Waals surface area contributed by atoms with Crippen LogP contribution < -0.4 is 5.32 Å². The molecule has 0 spiro atoms. The number of hydrogen-bond acceptors (Lipinski definition) is 4. The molecule has 1 N–H and O–H groups in total. The molecule has 8 heteroatoms. The summed E-state index contributed by atoms with van der Waals surface area (Å²) in [4.78, 5) is 36.2. The van der Waals surface area contributed by atoms with Gasteiger partial charge in [-0.05, 0) is 36.3 Å². The van der Waals surface area contributed by atoms with E-state index in [2.05, 4.69) is 5.32 Å².